The van der Waals surface area contributed by atoms with Gasteiger partial charge >= 0.3 is 18.6 Å². The predicted molar refractivity (Wildman–Crippen MR) is 150 cm³/mol. The lowest BCUT2D eigenvalue weighted by Crippen LogP contribution is -2.60. The monoisotopic (exact) mass is 625 g/mol. The third-order valence-electron chi connectivity index (χ3n) is 7.96. The van der Waals surface area contributed by atoms with Crippen LogP contribution in [0.4, 0.5) is 36.8 Å². The number of aromatic nitrogens is 1. The number of nitrogens with zero attached hydrogens (tertiary/aromatic N) is 2. The number of alkyl halides is 6. The lowest BCUT2D eigenvalue weighted by Gasteiger charge is -2.36. The van der Waals surface area contributed by atoms with Gasteiger partial charge in [-0.1, -0.05) is 29.8 Å². The molecule has 0 bridgehead atoms. The lowest BCUT2D eigenvalue weighted by atomic mass is 9.74. The fourth-order valence-corrected chi connectivity index (χ4v) is 6.19. The first-order valence-electron chi connectivity index (χ1n) is 13.5. The van der Waals surface area contributed by atoms with Crippen LogP contribution in [0.15, 0.2) is 66.9 Å². The number of nitrogens with one attached hydrogen (secondary N) is 2. The number of rotatable bonds is 6. The molecule has 3 aromatic rings. The van der Waals surface area contributed by atoms with E-state index in [2.05, 4.69) is 20.4 Å². The topological polar surface area (TPSA) is 63.2 Å². The largest absolute Gasteiger partial charge is 0.573 e. The maximum absolute atomic E-state index is 14.2. The minimum atomic E-state index is -4.88. The van der Waals surface area contributed by atoms with Crippen LogP contribution in [0.25, 0.3) is 6.08 Å². The molecule has 1 spiro atoms. The summed E-state index contributed by atoms with van der Waals surface area (Å²) in [7, 11) is 0. The molecule has 0 saturated carbocycles. The van der Waals surface area contributed by atoms with E-state index in [1.807, 2.05) is 0 Å². The molecule has 13 heteroatoms. The molecule has 43 heavy (non-hydrogen) atoms. The molecule has 6 nitrogen and oxygen atoms in total. The number of hydrogen-bond acceptors (Lipinski definition) is 4. The van der Waals surface area contributed by atoms with Crippen LogP contribution in [0.5, 0.6) is 5.75 Å². The van der Waals surface area contributed by atoms with E-state index in [1.165, 1.54) is 36.5 Å². The normalized spacial score (nSPS) is 19.9. The molecule has 0 aliphatic carbocycles. The maximum atomic E-state index is 14.2. The van der Waals surface area contributed by atoms with Gasteiger partial charge < -0.3 is 15.4 Å². The summed E-state index contributed by atoms with van der Waals surface area (Å²) in [6.07, 6.45) is -3.33. The molecule has 0 radical (unpaired) electrons. The Morgan fingerprint density at radius 2 is 1.77 bits per heavy atom. The zero-order valence-electron chi connectivity index (χ0n) is 22.7. The van der Waals surface area contributed by atoms with Crippen LogP contribution in [0, 0.1) is 0 Å². The Balaban J connectivity index is 1.52. The van der Waals surface area contributed by atoms with E-state index in [0.717, 1.165) is 12.1 Å². The second-order valence-corrected chi connectivity index (χ2v) is 11.1. The summed E-state index contributed by atoms with van der Waals surface area (Å²) in [5.74, 6) is -0.365. The zero-order chi connectivity index (χ0) is 30.9. The molecular weight excluding hydrogens is 598 g/mol. The number of carbonyl (C=O) groups is 1. The summed E-state index contributed by atoms with van der Waals surface area (Å²) < 4.78 is 82.4. The lowest BCUT2D eigenvalue weighted by molar-refractivity contribution is -0.274. The van der Waals surface area contributed by atoms with Gasteiger partial charge in [-0.15, -0.1) is 13.2 Å². The van der Waals surface area contributed by atoms with Crippen LogP contribution in [0.2, 0.25) is 5.15 Å². The summed E-state index contributed by atoms with van der Waals surface area (Å²) in [5.41, 5.74) is 0.978. The second-order valence-electron chi connectivity index (χ2n) is 10.7. The molecule has 1 saturated heterocycles. The van der Waals surface area contributed by atoms with Gasteiger partial charge in [-0.2, -0.15) is 13.2 Å². The summed E-state index contributed by atoms with van der Waals surface area (Å²) in [5, 5.41) is 6.49. The number of hydrogen-bond donors (Lipinski definition) is 2. The van der Waals surface area contributed by atoms with Gasteiger partial charge in [0.2, 0.25) is 0 Å². The molecule has 1 atom stereocenters. The van der Waals surface area contributed by atoms with Gasteiger partial charge in [0.05, 0.1) is 11.0 Å². The van der Waals surface area contributed by atoms with Gasteiger partial charge in [0.15, 0.2) is 0 Å². The Hall–Kier alpha value is -3.61. The van der Waals surface area contributed by atoms with Crippen LogP contribution < -0.4 is 19.9 Å². The van der Waals surface area contributed by atoms with E-state index in [1.54, 1.807) is 24.3 Å². The average molecular weight is 626 g/mol. The number of urea groups is 1. The van der Waals surface area contributed by atoms with Gasteiger partial charge in [0, 0.05) is 24.4 Å². The molecule has 1 unspecified atom stereocenters. The Bertz CT molecular complexity index is 1500. The predicted octanol–water partition coefficient (Wildman–Crippen LogP) is 7.22. The Morgan fingerprint density at radius 3 is 2.42 bits per heavy atom. The fourth-order valence-electron chi connectivity index (χ4n) is 5.99. The third kappa shape index (κ3) is 6.81. The Morgan fingerprint density at radius 1 is 1.05 bits per heavy atom. The molecule has 2 aliphatic heterocycles. The highest BCUT2D eigenvalue weighted by molar-refractivity contribution is 6.29. The van der Waals surface area contributed by atoms with Crippen molar-refractivity contribution in [3.63, 3.8) is 0 Å². The van der Waals surface area contributed by atoms with Crippen molar-refractivity contribution >= 4 is 29.4 Å². The minimum absolute atomic E-state index is 0.103. The van der Waals surface area contributed by atoms with Gasteiger partial charge in [-0.3, -0.25) is 0 Å². The van der Waals surface area contributed by atoms with Gasteiger partial charge in [0.25, 0.3) is 0 Å². The number of quaternary nitrogens is 1. The summed E-state index contributed by atoms with van der Waals surface area (Å²) in [4.78, 5) is 18.1. The molecular formula is C30H28ClF6N4O2+. The van der Waals surface area contributed by atoms with Crippen molar-refractivity contribution in [1.82, 2.24) is 20.1 Å². The minimum Gasteiger partial charge on any atom is -0.406 e. The SMILES string of the molecule is O=C(NCc1ccnc(Cl)c1)[N+]1(C/C=C/c2ccc(C(F)(F)F)cc2)CC2(CCNCC2)c2cc(OC(F)(F)F)ccc21. The van der Waals surface area contributed by atoms with Crippen LogP contribution in [0.3, 0.4) is 0 Å². The van der Waals surface area contributed by atoms with Crippen molar-refractivity contribution < 1.29 is 35.9 Å². The van der Waals surface area contributed by atoms with E-state index < -0.39 is 23.5 Å². The van der Waals surface area contributed by atoms with E-state index in [4.69, 9.17) is 11.6 Å². The molecule has 5 rings (SSSR count). The number of pyridine rings is 1. The first-order chi connectivity index (χ1) is 20.3. The number of halogens is 7. The molecule has 2 aliphatic rings. The van der Waals surface area contributed by atoms with E-state index in [0.29, 0.717) is 48.3 Å². The molecule has 3 heterocycles. The van der Waals surface area contributed by atoms with Crippen molar-refractivity contribution in [2.75, 3.05) is 26.2 Å². The molecule has 228 valence electrons. The second kappa shape index (κ2) is 11.8. The van der Waals surface area contributed by atoms with Gasteiger partial charge in [0.1, 0.15) is 29.7 Å². The van der Waals surface area contributed by atoms with Crippen molar-refractivity contribution in [3.05, 3.63) is 94.3 Å². The first-order valence-corrected chi connectivity index (χ1v) is 13.9. The fraction of sp³-hybridized carbons (Fsp3) is 0.333. The highest BCUT2D eigenvalue weighted by Gasteiger charge is 2.57. The van der Waals surface area contributed by atoms with E-state index in [9.17, 15) is 31.1 Å². The highest BCUT2D eigenvalue weighted by atomic mass is 35.5. The summed E-state index contributed by atoms with van der Waals surface area (Å²) in [6.45, 7) is 1.73. The van der Waals surface area contributed by atoms with Crippen LogP contribution >= 0.6 is 11.6 Å². The maximum Gasteiger partial charge on any atom is 0.573 e. The molecule has 2 N–H and O–H groups in total. The van der Waals surface area contributed by atoms with Crippen molar-refractivity contribution in [3.8, 4) is 5.75 Å². The number of fused-ring (bicyclic) bond motifs is 2. The summed E-state index contributed by atoms with van der Waals surface area (Å²) >= 11 is 6.00. The van der Waals surface area contributed by atoms with E-state index >= 15 is 0 Å². The van der Waals surface area contributed by atoms with Crippen LogP contribution in [-0.4, -0.2) is 43.6 Å². The molecule has 2 aromatic carbocycles. The smallest absolute Gasteiger partial charge is 0.406 e. The molecule has 1 fully saturated rings. The van der Waals surface area contributed by atoms with Crippen molar-refractivity contribution in [1.29, 1.82) is 0 Å². The van der Waals surface area contributed by atoms with Crippen molar-refractivity contribution in [2.45, 2.75) is 37.3 Å². The Kier molecular flexibility index (Phi) is 8.47. The average Bonchev–Trinajstić information content (AvgIpc) is 3.20. The summed E-state index contributed by atoms with van der Waals surface area (Å²) in [6, 6.07) is 11.7. The zero-order valence-corrected chi connectivity index (χ0v) is 23.5. The number of piperidine rings is 1. The quantitative estimate of drug-likeness (QED) is 0.173. The van der Waals surface area contributed by atoms with Crippen LogP contribution in [-0.2, 0) is 18.1 Å². The van der Waals surface area contributed by atoms with E-state index in [-0.39, 0.29) is 41.1 Å². The Labute approximate surface area is 248 Å². The van der Waals surface area contributed by atoms with Gasteiger partial charge in [-0.25, -0.2) is 14.3 Å². The van der Waals surface area contributed by atoms with Crippen molar-refractivity contribution in [2.24, 2.45) is 0 Å². The number of benzene rings is 2. The first kappa shape index (κ1) is 30.8. The van der Waals surface area contributed by atoms with Crippen LogP contribution in [0.1, 0.15) is 35.1 Å². The highest BCUT2D eigenvalue weighted by Crippen LogP contribution is 2.51. The number of amides is 2. The number of ether oxygens (including phenoxy) is 1. The third-order valence-corrected chi connectivity index (χ3v) is 8.16. The standard InChI is InChI=1S/C30H27ClF6N4O2/c31-26-16-21(9-12-39-26)18-40-27(42)41(15-1-2-20-3-5-22(6-4-20)29(32,33)34)19-28(10-13-38-14-11-28)24-17-23(7-8-25(24)41)43-30(35,36)37/h1-9,12,16-17,38H,10-11,13-15,18-19H2/p+1/b2-1+. The molecule has 1 aromatic heterocycles. The number of carbonyl (C=O) groups excluding carboxylic acids is 1. The molecule has 2 amide bonds. The van der Waals surface area contributed by atoms with Gasteiger partial charge in [-0.05, 0) is 79.5 Å².